The third kappa shape index (κ3) is 7.04. The standard InChI is InChI=1S/C20H33N5O/c1-3-14-25-15-10-18(11-16-25)24-20(21-4-2)23-13-12-22-19(26)17-8-6-5-7-9-17/h5-9,18H,3-4,10-16H2,1-2H3,(H,22,26)(H2,21,23,24). The number of hydrogen-bond acceptors (Lipinski definition) is 3. The zero-order valence-corrected chi connectivity index (χ0v) is 16.1. The van der Waals surface area contributed by atoms with Gasteiger partial charge in [-0.25, -0.2) is 0 Å². The molecule has 0 unspecified atom stereocenters. The Labute approximate surface area is 157 Å². The van der Waals surface area contributed by atoms with Crippen LogP contribution in [0.3, 0.4) is 0 Å². The van der Waals surface area contributed by atoms with E-state index in [2.05, 4.69) is 39.7 Å². The van der Waals surface area contributed by atoms with Crippen molar-refractivity contribution in [3.63, 3.8) is 0 Å². The van der Waals surface area contributed by atoms with Crippen molar-refractivity contribution in [2.45, 2.75) is 39.2 Å². The summed E-state index contributed by atoms with van der Waals surface area (Å²) in [6.45, 7) is 9.71. The van der Waals surface area contributed by atoms with Gasteiger partial charge in [0, 0.05) is 37.8 Å². The van der Waals surface area contributed by atoms with Gasteiger partial charge in [0.2, 0.25) is 0 Å². The van der Waals surface area contributed by atoms with Crippen LogP contribution in [0.4, 0.5) is 0 Å². The van der Waals surface area contributed by atoms with Gasteiger partial charge in [-0.3, -0.25) is 9.79 Å². The van der Waals surface area contributed by atoms with Crippen LogP contribution in [-0.2, 0) is 0 Å². The Bertz CT molecular complexity index is 553. The molecule has 3 N–H and O–H groups in total. The number of amides is 1. The molecule has 1 saturated heterocycles. The second-order valence-electron chi connectivity index (χ2n) is 6.64. The van der Waals surface area contributed by atoms with Crippen LogP contribution in [0.25, 0.3) is 0 Å². The maximum atomic E-state index is 12.0. The van der Waals surface area contributed by atoms with E-state index in [-0.39, 0.29) is 5.91 Å². The Morgan fingerprint density at radius 1 is 1.15 bits per heavy atom. The van der Waals surface area contributed by atoms with Gasteiger partial charge in [-0.1, -0.05) is 25.1 Å². The predicted octanol–water partition coefficient (Wildman–Crippen LogP) is 1.85. The van der Waals surface area contributed by atoms with Crippen molar-refractivity contribution in [3.05, 3.63) is 35.9 Å². The number of nitrogens with zero attached hydrogens (tertiary/aromatic N) is 2. The lowest BCUT2D eigenvalue weighted by Gasteiger charge is -2.32. The molecule has 2 rings (SSSR count). The van der Waals surface area contributed by atoms with Crippen LogP contribution < -0.4 is 16.0 Å². The Morgan fingerprint density at radius 2 is 1.88 bits per heavy atom. The van der Waals surface area contributed by atoms with Gasteiger partial charge < -0.3 is 20.9 Å². The number of aliphatic imine (C=N–C) groups is 1. The van der Waals surface area contributed by atoms with E-state index in [0.29, 0.717) is 24.7 Å². The molecule has 0 spiro atoms. The average molecular weight is 360 g/mol. The first kappa shape index (κ1) is 20.2. The van der Waals surface area contributed by atoms with Gasteiger partial charge in [-0.2, -0.15) is 0 Å². The fourth-order valence-corrected chi connectivity index (χ4v) is 3.16. The largest absolute Gasteiger partial charge is 0.357 e. The Balaban J connectivity index is 1.73. The highest BCUT2D eigenvalue weighted by Crippen LogP contribution is 2.10. The fraction of sp³-hybridized carbons (Fsp3) is 0.600. The first-order chi connectivity index (χ1) is 12.7. The van der Waals surface area contributed by atoms with E-state index in [0.717, 1.165) is 38.4 Å². The molecule has 144 valence electrons. The third-order valence-corrected chi connectivity index (χ3v) is 4.52. The number of piperidine rings is 1. The first-order valence-electron chi connectivity index (χ1n) is 9.83. The topological polar surface area (TPSA) is 68.8 Å². The summed E-state index contributed by atoms with van der Waals surface area (Å²) in [5, 5.41) is 9.75. The van der Waals surface area contributed by atoms with Gasteiger partial charge >= 0.3 is 0 Å². The van der Waals surface area contributed by atoms with Gasteiger partial charge in [-0.15, -0.1) is 0 Å². The van der Waals surface area contributed by atoms with Gasteiger partial charge in [-0.05, 0) is 44.9 Å². The molecule has 0 saturated carbocycles. The van der Waals surface area contributed by atoms with Crippen LogP contribution in [0.1, 0.15) is 43.5 Å². The lowest BCUT2D eigenvalue weighted by molar-refractivity contribution is 0.0955. The molecule has 0 aromatic heterocycles. The summed E-state index contributed by atoms with van der Waals surface area (Å²) >= 11 is 0. The number of carbonyl (C=O) groups excluding carboxylic acids is 1. The molecule has 1 heterocycles. The molecule has 1 aliphatic rings. The fourth-order valence-electron chi connectivity index (χ4n) is 3.16. The second-order valence-corrected chi connectivity index (χ2v) is 6.64. The summed E-state index contributed by atoms with van der Waals surface area (Å²) in [4.78, 5) is 19.1. The van der Waals surface area contributed by atoms with E-state index in [1.165, 1.54) is 13.0 Å². The van der Waals surface area contributed by atoms with E-state index < -0.39 is 0 Å². The second kappa shape index (κ2) is 11.5. The van der Waals surface area contributed by atoms with Crippen molar-refractivity contribution < 1.29 is 4.79 Å². The maximum Gasteiger partial charge on any atom is 0.251 e. The Kier molecular flexibility index (Phi) is 8.96. The molecular weight excluding hydrogens is 326 g/mol. The summed E-state index contributed by atoms with van der Waals surface area (Å²) < 4.78 is 0. The number of likely N-dealkylation sites (tertiary alicyclic amines) is 1. The van der Waals surface area contributed by atoms with Crippen molar-refractivity contribution in [1.82, 2.24) is 20.9 Å². The Morgan fingerprint density at radius 3 is 2.54 bits per heavy atom. The third-order valence-electron chi connectivity index (χ3n) is 4.52. The van der Waals surface area contributed by atoms with Crippen molar-refractivity contribution in [2.24, 2.45) is 4.99 Å². The van der Waals surface area contributed by atoms with Crippen LogP contribution >= 0.6 is 0 Å². The van der Waals surface area contributed by atoms with Gasteiger partial charge in [0.1, 0.15) is 0 Å². The number of carbonyl (C=O) groups is 1. The molecule has 1 aliphatic heterocycles. The molecule has 6 nitrogen and oxygen atoms in total. The van der Waals surface area contributed by atoms with Crippen LogP contribution in [0.15, 0.2) is 35.3 Å². The minimum atomic E-state index is -0.0537. The highest BCUT2D eigenvalue weighted by Gasteiger charge is 2.19. The van der Waals surface area contributed by atoms with Crippen LogP contribution in [0.2, 0.25) is 0 Å². The first-order valence-corrected chi connectivity index (χ1v) is 9.83. The van der Waals surface area contributed by atoms with E-state index in [1.807, 2.05) is 30.3 Å². The molecule has 0 radical (unpaired) electrons. The van der Waals surface area contributed by atoms with Gasteiger partial charge in [0.15, 0.2) is 5.96 Å². The number of hydrogen-bond donors (Lipinski definition) is 3. The van der Waals surface area contributed by atoms with E-state index in [4.69, 9.17) is 0 Å². The van der Waals surface area contributed by atoms with Crippen molar-refractivity contribution in [3.8, 4) is 0 Å². The van der Waals surface area contributed by atoms with Crippen LogP contribution in [0, 0.1) is 0 Å². The summed E-state index contributed by atoms with van der Waals surface area (Å²) in [7, 11) is 0. The number of guanidine groups is 1. The lowest BCUT2D eigenvalue weighted by atomic mass is 10.1. The SMILES string of the molecule is CCCN1CCC(NC(=NCCNC(=O)c2ccccc2)NCC)CC1. The predicted molar refractivity (Wildman–Crippen MR) is 108 cm³/mol. The quantitative estimate of drug-likeness (QED) is 0.376. The molecule has 0 atom stereocenters. The monoisotopic (exact) mass is 359 g/mol. The van der Waals surface area contributed by atoms with E-state index in [1.54, 1.807) is 0 Å². The highest BCUT2D eigenvalue weighted by molar-refractivity contribution is 5.94. The summed E-state index contributed by atoms with van der Waals surface area (Å²) in [6, 6.07) is 9.74. The number of nitrogens with one attached hydrogen (secondary N) is 3. The lowest BCUT2D eigenvalue weighted by Crippen LogP contribution is -2.49. The van der Waals surface area contributed by atoms with E-state index >= 15 is 0 Å². The number of benzene rings is 1. The minimum Gasteiger partial charge on any atom is -0.357 e. The smallest absolute Gasteiger partial charge is 0.251 e. The normalized spacial score (nSPS) is 16.3. The molecule has 1 aromatic rings. The van der Waals surface area contributed by atoms with Gasteiger partial charge in [0.25, 0.3) is 5.91 Å². The van der Waals surface area contributed by atoms with E-state index in [9.17, 15) is 4.79 Å². The van der Waals surface area contributed by atoms with Crippen molar-refractivity contribution in [2.75, 3.05) is 39.3 Å². The summed E-state index contributed by atoms with van der Waals surface area (Å²) in [5.74, 6) is 0.789. The molecule has 1 fully saturated rings. The molecule has 1 aromatic carbocycles. The zero-order chi connectivity index (χ0) is 18.6. The minimum absolute atomic E-state index is 0.0537. The molecular formula is C20H33N5O. The average Bonchev–Trinajstić information content (AvgIpc) is 2.67. The van der Waals surface area contributed by atoms with Crippen LogP contribution in [-0.4, -0.2) is 62.1 Å². The maximum absolute atomic E-state index is 12.0. The molecule has 26 heavy (non-hydrogen) atoms. The molecule has 1 amide bonds. The van der Waals surface area contributed by atoms with Gasteiger partial charge in [0.05, 0.1) is 6.54 Å². The van der Waals surface area contributed by atoms with Crippen molar-refractivity contribution >= 4 is 11.9 Å². The highest BCUT2D eigenvalue weighted by atomic mass is 16.1. The number of rotatable bonds is 8. The molecule has 6 heteroatoms. The summed E-state index contributed by atoms with van der Waals surface area (Å²) in [5.41, 5.74) is 0.681. The van der Waals surface area contributed by atoms with Crippen molar-refractivity contribution in [1.29, 1.82) is 0 Å². The Hall–Kier alpha value is -2.08. The van der Waals surface area contributed by atoms with Crippen LogP contribution in [0.5, 0.6) is 0 Å². The summed E-state index contributed by atoms with van der Waals surface area (Å²) in [6.07, 6.45) is 3.52. The molecule has 0 aliphatic carbocycles. The molecule has 0 bridgehead atoms. The zero-order valence-electron chi connectivity index (χ0n) is 16.1.